The van der Waals surface area contributed by atoms with Crippen molar-refractivity contribution in [1.29, 1.82) is 0 Å². The molecule has 0 aliphatic carbocycles. The fraction of sp³-hybridized carbons (Fsp3) is 0.625. The largest absolute Gasteiger partial charge is 0.511 e. The SMILES string of the molecule is CCCn1ccnc1.NS(=O)(=O)C(F)(F)F.NS(=O)(=O)C(F)(F)F. The Hall–Kier alpha value is -1.39. The molecule has 0 fully saturated rings. The van der Waals surface area contributed by atoms with Gasteiger partial charge in [0.1, 0.15) is 0 Å². The lowest BCUT2D eigenvalue weighted by molar-refractivity contribution is -0.0441. The summed E-state index contributed by atoms with van der Waals surface area (Å²) in [6, 6.07) is 0. The predicted molar refractivity (Wildman–Crippen MR) is 70.8 cm³/mol. The maximum atomic E-state index is 10.8. The van der Waals surface area contributed by atoms with Crippen LogP contribution in [0.2, 0.25) is 0 Å². The first kappa shape index (κ1) is 24.9. The Balaban J connectivity index is 0. The van der Waals surface area contributed by atoms with E-state index >= 15 is 0 Å². The summed E-state index contributed by atoms with van der Waals surface area (Å²) in [7, 11) is -10.7. The lowest BCUT2D eigenvalue weighted by atomic mass is 10.5. The molecule has 0 aliphatic heterocycles. The zero-order valence-electron chi connectivity index (χ0n) is 11.9. The van der Waals surface area contributed by atoms with Gasteiger partial charge in [-0.25, -0.2) is 32.1 Å². The van der Waals surface area contributed by atoms with Crippen LogP contribution < -0.4 is 10.3 Å². The topological polar surface area (TPSA) is 138 Å². The number of aryl methyl sites for hydroxylation is 1. The Morgan fingerprint density at radius 2 is 1.29 bits per heavy atom. The Bertz CT molecular complexity index is 624. The van der Waals surface area contributed by atoms with Gasteiger partial charge in [-0.05, 0) is 6.42 Å². The normalized spacial score (nSPS) is 12.5. The van der Waals surface area contributed by atoms with Crippen LogP contribution in [-0.4, -0.2) is 37.4 Å². The minimum atomic E-state index is -5.34. The molecule has 1 aromatic rings. The highest BCUT2D eigenvalue weighted by molar-refractivity contribution is 7.90. The smallest absolute Gasteiger partial charge is 0.338 e. The molecule has 0 bridgehead atoms. The van der Waals surface area contributed by atoms with Crippen molar-refractivity contribution in [2.75, 3.05) is 0 Å². The number of hydrogen-bond acceptors (Lipinski definition) is 5. The molecule has 24 heavy (non-hydrogen) atoms. The summed E-state index contributed by atoms with van der Waals surface area (Å²) >= 11 is 0. The molecule has 0 aromatic carbocycles. The molecule has 144 valence electrons. The second-order valence-corrected chi connectivity index (χ2v) is 6.89. The Morgan fingerprint density at radius 1 is 0.958 bits per heavy atom. The number of sulfonamides is 2. The number of rotatable bonds is 2. The first-order valence-electron chi connectivity index (χ1n) is 5.57. The van der Waals surface area contributed by atoms with Crippen LogP contribution in [0.25, 0.3) is 0 Å². The summed E-state index contributed by atoms with van der Waals surface area (Å²) in [6.45, 7) is 3.24. The van der Waals surface area contributed by atoms with Crippen LogP contribution in [0.5, 0.6) is 0 Å². The predicted octanol–water partition coefficient (Wildman–Crippen LogP) is 0.883. The molecule has 0 unspecified atom stereocenters. The maximum absolute atomic E-state index is 10.8. The monoisotopic (exact) mass is 408 g/mol. The number of aromatic nitrogens is 2. The fourth-order valence-corrected chi connectivity index (χ4v) is 0.677. The minimum absolute atomic E-state index is 1.08. The van der Waals surface area contributed by atoms with Crippen LogP contribution in [0.3, 0.4) is 0 Å². The first-order valence-corrected chi connectivity index (χ1v) is 8.66. The van der Waals surface area contributed by atoms with Crippen LogP contribution in [0.4, 0.5) is 26.3 Å². The van der Waals surface area contributed by atoms with Gasteiger partial charge >= 0.3 is 31.1 Å². The first-order chi connectivity index (χ1) is 10.4. The third-order valence-corrected chi connectivity index (χ3v) is 2.98. The standard InChI is InChI=1S/C6H10N2.2CH2F3NO2S/c1-2-4-8-5-3-7-6-8;2*2-1(3,4)8(5,6)7/h3,5-6H,2,4H2,1H3;2*(H2,5,6,7). The van der Waals surface area contributed by atoms with Crippen LogP contribution in [0, 0.1) is 0 Å². The summed E-state index contributed by atoms with van der Waals surface area (Å²) < 4.78 is 104. The Kier molecular flexibility index (Phi) is 9.51. The molecule has 0 spiro atoms. The third-order valence-electron chi connectivity index (χ3n) is 1.69. The Labute approximate surface area is 133 Å². The maximum Gasteiger partial charge on any atom is 0.511 e. The molecule has 8 nitrogen and oxygen atoms in total. The van der Waals surface area contributed by atoms with Gasteiger partial charge in [0, 0.05) is 18.9 Å². The average Bonchev–Trinajstić information content (AvgIpc) is 2.78. The second-order valence-electron chi connectivity index (χ2n) is 3.78. The van der Waals surface area contributed by atoms with E-state index < -0.39 is 31.1 Å². The van der Waals surface area contributed by atoms with E-state index in [9.17, 15) is 43.2 Å². The van der Waals surface area contributed by atoms with Crippen LogP contribution in [-0.2, 0) is 26.6 Å². The van der Waals surface area contributed by atoms with Gasteiger partial charge in [0.2, 0.25) is 0 Å². The van der Waals surface area contributed by atoms with Crippen molar-refractivity contribution in [3.63, 3.8) is 0 Å². The summed E-state index contributed by atoms with van der Waals surface area (Å²) in [5.41, 5.74) is -10.6. The van der Waals surface area contributed by atoms with Crippen molar-refractivity contribution < 1.29 is 43.2 Å². The van der Waals surface area contributed by atoms with Gasteiger partial charge in [-0.1, -0.05) is 6.92 Å². The van der Waals surface area contributed by atoms with E-state index in [0.717, 1.165) is 6.54 Å². The molecule has 0 amide bonds. The average molecular weight is 408 g/mol. The molecule has 0 aliphatic rings. The number of primary sulfonamides is 2. The van der Waals surface area contributed by atoms with Gasteiger partial charge in [0.05, 0.1) is 6.33 Å². The van der Waals surface area contributed by atoms with Gasteiger partial charge in [0.15, 0.2) is 0 Å². The molecular formula is C8H14F6N4O4S2. The molecule has 0 radical (unpaired) electrons. The van der Waals surface area contributed by atoms with Gasteiger partial charge in [0.25, 0.3) is 0 Å². The lowest BCUT2D eigenvalue weighted by Gasteiger charge is -1.98. The summed E-state index contributed by atoms with van der Waals surface area (Å²) in [4.78, 5) is 3.90. The molecule has 1 aromatic heterocycles. The van der Waals surface area contributed by atoms with Gasteiger partial charge in [-0.2, -0.15) is 26.3 Å². The molecule has 16 heteroatoms. The summed E-state index contributed by atoms with van der Waals surface area (Å²) in [6.07, 6.45) is 6.79. The molecular weight excluding hydrogens is 394 g/mol. The van der Waals surface area contributed by atoms with Crippen molar-refractivity contribution in [2.45, 2.75) is 30.9 Å². The molecule has 0 saturated carbocycles. The highest BCUT2D eigenvalue weighted by Gasteiger charge is 2.43. The van der Waals surface area contributed by atoms with E-state index in [-0.39, 0.29) is 0 Å². The highest BCUT2D eigenvalue weighted by Crippen LogP contribution is 2.19. The van der Waals surface area contributed by atoms with Crippen LogP contribution in [0.15, 0.2) is 18.7 Å². The van der Waals surface area contributed by atoms with E-state index in [0.29, 0.717) is 0 Å². The second kappa shape index (κ2) is 9.19. The van der Waals surface area contributed by atoms with E-state index in [1.807, 2.05) is 12.5 Å². The zero-order valence-corrected chi connectivity index (χ0v) is 13.5. The number of alkyl halides is 6. The van der Waals surface area contributed by atoms with Crippen molar-refractivity contribution in [3.8, 4) is 0 Å². The molecule has 0 atom stereocenters. The van der Waals surface area contributed by atoms with E-state index in [4.69, 9.17) is 0 Å². The van der Waals surface area contributed by atoms with Crippen molar-refractivity contribution in [2.24, 2.45) is 10.3 Å². The number of nitrogens with two attached hydrogens (primary N) is 2. The number of imidazole rings is 1. The van der Waals surface area contributed by atoms with E-state index in [2.05, 4.69) is 26.8 Å². The van der Waals surface area contributed by atoms with E-state index in [1.165, 1.54) is 6.42 Å². The highest BCUT2D eigenvalue weighted by atomic mass is 32.2. The summed E-state index contributed by atoms with van der Waals surface area (Å²) in [5.74, 6) is 0. The minimum Gasteiger partial charge on any atom is -0.338 e. The lowest BCUT2D eigenvalue weighted by Crippen LogP contribution is -2.30. The van der Waals surface area contributed by atoms with E-state index in [1.54, 1.807) is 6.20 Å². The molecule has 4 N–H and O–H groups in total. The van der Waals surface area contributed by atoms with Crippen molar-refractivity contribution >= 4 is 20.0 Å². The van der Waals surface area contributed by atoms with Gasteiger partial charge in [-0.3, -0.25) is 0 Å². The van der Waals surface area contributed by atoms with Crippen LogP contribution >= 0.6 is 0 Å². The van der Waals surface area contributed by atoms with Gasteiger partial charge < -0.3 is 4.57 Å². The molecule has 0 saturated heterocycles. The molecule has 1 heterocycles. The number of hydrogen-bond donors (Lipinski definition) is 2. The number of nitrogens with zero attached hydrogens (tertiary/aromatic N) is 2. The fourth-order valence-electron chi connectivity index (χ4n) is 0.677. The van der Waals surface area contributed by atoms with Crippen LogP contribution in [0.1, 0.15) is 13.3 Å². The molecule has 1 rings (SSSR count). The third kappa shape index (κ3) is 11.2. The van der Waals surface area contributed by atoms with Crippen molar-refractivity contribution in [3.05, 3.63) is 18.7 Å². The quantitative estimate of drug-likeness (QED) is 0.700. The van der Waals surface area contributed by atoms with Crippen molar-refractivity contribution in [1.82, 2.24) is 9.55 Å². The van der Waals surface area contributed by atoms with Gasteiger partial charge in [-0.15, -0.1) is 0 Å². The number of halogens is 6. The summed E-state index contributed by atoms with van der Waals surface area (Å²) in [5, 5.41) is 7.32. The zero-order chi connectivity index (χ0) is 19.8. The Morgan fingerprint density at radius 3 is 1.46 bits per heavy atom.